The molecule has 1 aliphatic rings. The van der Waals surface area contributed by atoms with Gasteiger partial charge in [0.1, 0.15) is 0 Å². The monoisotopic (exact) mass is 260 g/mol. The van der Waals surface area contributed by atoms with Gasteiger partial charge in [0.2, 0.25) is 0 Å². The normalized spacial score (nSPS) is 23.6. The van der Waals surface area contributed by atoms with Gasteiger partial charge in [-0.25, -0.2) is 0 Å². The summed E-state index contributed by atoms with van der Waals surface area (Å²) < 4.78 is 0. The molecule has 0 aromatic heterocycles. The van der Waals surface area contributed by atoms with Gasteiger partial charge in [-0.3, -0.25) is 0 Å². The van der Waals surface area contributed by atoms with Crippen LogP contribution in [0, 0.1) is 0 Å². The first-order chi connectivity index (χ1) is 9.26. The Morgan fingerprint density at radius 1 is 1.21 bits per heavy atom. The highest BCUT2D eigenvalue weighted by Gasteiger charge is 2.25. The van der Waals surface area contributed by atoms with Crippen LogP contribution in [0.25, 0.3) is 0 Å². The van der Waals surface area contributed by atoms with Crippen LogP contribution in [0.15, 0.2) is 24.3 Å². The van der Waals surface area contributed by atoms with Crippen molar-refractivity contribution in [1.29, 1.82) is 0 Å². The summed E-state index contributed by atoms with van der Waals surface area (Å²) in [6, 6.07) is 10.2. The second-order valence-corrected chi connectivity index (χ2v) is 5.77. The minimum Gasteiger partial charge on any atom is -0.366 e. The lowest BCUT2D eigenvalue weighted by Gasteiger charge is -2.41. The van der Waals surface area contributed by atoms with E-state index in [1.165, 1.54) is 36.9 Å². The Morgan fingerprint density at radius 2 is 2.00 bits per heavy atom. The molecule has 2 rings (SSSR count). The van der Waals surface area contributed by atoms with Crippen LogP contribution in [0.5, 0.6) is 0 Å². The summed E-state index contributed by atoms with van der Waals surface area (Å²) in [6.45, 7) is 9.12. The standard InChI is InChI=1S/C17H28N2/c1-4-8-15-10-6-7-11-17(15)19-13-16(9-5-2)18-12-14(19)3/h6-7,10-11,14,16,18H,4-5,8-9,12-13H2,1-3H3. The zero-order valence-corrected chi connectivity index (χ0v) is 12.7. The Kier molecular flexibility index (Phi) is 5.26. The topological polar surface area (TPSA) is 15.3 Å². The first-order valence-corrected chi connectivity index (χ1v) is 7.84. The largest absolute Gasteiger partial charge is 0.366 e. The highest BCUT2D eigenvalue weighted by Crippen LogP contribution is 2.26. The van der Waals surface area contributed by atoms with Crippen LogP contribution in [-0.4, -0.2) is 25.2 Å². The highest BCUT2D eigenvalue weighted by atomic mass is 15.2. The fourth-order valence-corrected chi connectivity index (χ4v) is 3.08. The number of nitrogens with zero attached hydrogens (tertiary/aromatic N) is 1. The van der Waals surface area contributed by atoms with Crippen molar-refractivity contribution in [2.45, 2.75) is 58.5 Å². The Labute approximate surface area is 118 Å². The molecule has 0 aliphatic carbocycles. The lowest BCUT2D eigenvalue weighted by atomic mass is 10.0. The third-order valence-corrected chi connectivity index (χ3v) is 4.11. The van der Waals surface area contributed by atoms with Gasteiger partial charge >= 0.3 is 0 Å². The summed E-state index contributed by atoms with van der Waals surface area (Å²) in [5, 5.41) is 3.68. The molecule has 2 heteroatoms. The Balaban J connectivity index is 2.18. The predicted molar refractivity (Wildman–Crippen MR) is 83.9 cm³/mol. The molecule has 0 amide bonds. The van der Waals surface area contributed by atoms with E-state index in [0.717, 1.165) is 13.1 Å². The summed E-state index contributed by atoms with van der Waals surface area (Å²) >= 11 is 0. The van der Waals surface area contributed by atoms with Crippen molar-refractivity contribution < 1.29 is 0 Å². The second kappa shape index (κ2) is 6.95. The van der Waals surface area contributed by atoms with Gasteiger partial charge in [0.15, 0.2) is 0 Å². The molecule has 0 bridgehead atoms. The highest BCUT2D eigenvalue weighted by molar-refractivity contribution is 5.55. The predicted octanol–water partition coefficient (Wildman–Crippen LogP) is 3.61. The van der Waals surface area contributed by atoms with E-state index in [4.69, 9.17) is 0 Å². The maximum atomic E-state index is 3.68. The Morgan fingerprint density at radius 3 is 2.74 bits per heavy atom. The number of para-hydroxylation sites is 1. The Hall–Kier alpha value is -1.02. The first kappa shape index (κ1) is 14.4. The van der Waals surface area contributed by atoms with Gasteiger partial charge in [-0.1, -0.05) is 44.9 Å². The summed E-state index contributed by atoms with van der Waals surface area (Å²) in [5.74, 6) is 0. The number of rotatable bonds is 5. The number of nitrogens with one attached hydrogen (secondary N) is 1. The van der Waals surface area contributed by atoms with Crippen molar-refractivity contribution in [3.8, 4) is 0 Å². The molecule has 1 heterocycles. The molecule has 1 fully saturated rings. The maximum absolute atomic E-state index is 3.68. The second-order valence-electron chi connectivity index (χ2n) is 5.77. The quantitative estimate of drug-likeness (QED) is 0.870. The van der Waals surface area contributed by atoms with Gasteiger partial charge in [0.05, 0.1) is 0 Å². The number of hydrogen-bond acceptors (Lipinski definition) is 2. The van der Waals surface area contributed by atoms with Crippen molar-refractivity contribution in [2.75, 3.05) is 18.0 Å². The number of anilines is 1. The lowest BCUT2D eigenvalue weighted by molar-refractivity contribution is 0.386. The molecule has 1 N–H and O–H groups in total. The van der Waals surface area contributed by atoms with Gasteiger partial charge in [-0.2, -0.15) is 0 Å². The molecule has 19 heavy (non-hydrogen) atoms. The van der Waals surface area contributed by atoms with E-state index in [9.17, 15) is 0 Å². The zero-order chi connectivity index (χ0) is 13.7. The summed E-state index contributed by atoms with van der Waals surface area (Å²) in [5.41, 5.74) is 2.97. The van der Waals surface area contributed by atoms with Gasteiger partial charge < -0.3 is 10.2 Å². The SMILES string of the molecule is CCCc1ccccc1N1CC(CCC)NCC1C. The minimum atomic E-state index is 0.589. The molecule has 1 saturated heterocycles. The number of aryl methyl sites for hydroxylation is 1. The van der Waals surface area contributed by atoms with Crippen LogP contribution in [0.1, 0.15) is 45.6 Å². The molecule has 106 valence electrons. The third-order valence-electron chi connectivity index (χ3n) is 4.11. The molecule has 2 nitrogen and oxygen atoms in total. The van der Waals surface area contributed by atoms with Crippen molar-refractivity contribution in [1.82, 2.24) is 5.32 Å². The van der Waals surface area contributed by atoms with Gasteiger partial charge in [-0.15, -0.1) is 0 Å². The zero-order valence-electron chi connectivity index (χ0n) is 12.7. The molecule has 2 atom stereocenters. The van der Waals surface area contributed by atoms with Gasteiger partial charge in [-0.05, 0) is 31.4 Å². The van der Waals surface area contributed by atoms with E-state index in [-0.39, 0.29) is 0 Å². The van der Waals surface area contributed by atoms with E-state index in [0.29, 0.717) is 12.1 Å². The maximum Gasteiger partial charge on any atom is 0.0402 e. The Bertz CT molecular complexity index is 389. The molecule has 2 unspecified atom stereocenters. The molecule has 1 aromatic rings. The van der Waals surface area contributed by atoms with Crippen LogP contribution in [-0.2, 0) is 6.42 Å². The molecular weight excluding hydrogens is 232 g/mol. The van der Waals surface area contributed by atoms with Crippen LogP contribution in [0.2, 0.25) is 0 Å². The summed E-state index contributed by atoms with van der Waals surface area (Å²) in [6.07, 6.45) is 4.94. The average molecular weight is 260 g/mol. The van der Waals surface area contributed by atoms with Crippen molar-refractivity contribution in [2.24, 2.45) is 0 Å². The average Bonchev–Trinajstić information content (AvgIpc) is 2.42. The first-order valence-electron chi connectivity index (χ1n) is 7.84. The number of piperazine rings is 1. The molecule has 0 saturated carbocycles. The molecule has 0 spiro atoms. The van der Waals surface area contributed by atoms with Gasteiger partial charge in [0, 0.05) is 30.9 Å². The summed E-state index contributed by atoms with van der Waals surface area (Å²) in [4.78, 5) is 2.61. The van der Waals surface area contributed by atoms with Crippen LogP contribution >= 0.6 is 0 Å². The smallest absolute Gasteiger partial charge is 0.0402 e. The van der Waals surface area contributed by atoms with Crippen LogP contribution < -0.4 is 10.2 Å². The van der Waals surface area contributed by atoms with E-state index >= 15 is 0 Å². The van der Waals surface area contributed by atoms with Crippen LogP contribution in [0.3, 0.4) is 0 Å². The van der Waals surface area contributed by atoms with Crippen molar-refractivity contribution in [3.05, 3.63) is 29.8 Å². The molecular formula is C17H28N2. The van der Waals surface area contributed by atoms with Crippen LogP contribution in [0.4, 0.5) is 5.69 Å². The van der Waals surface area contributed by atoms with Gasteiger partial charge in [0.25, 0.3) is 0 Å². The molecule has 1 aromatic carbocycles. The molecule has 0 radical (unpaired) electrons. The van der Waals surface area contributed by atoms with E-state index in [2.05, 4.69) is 55.3 Å². The number of hydrogen-bond donors (Lipinski definition) is 1. The van der Waals surface area contributed by atoms with Crippen molar-refractivity contribution >= 4 is 5.69 Å². The third kappa shape index (κ3) is 3.50. The van der Waals surface area contributed by atoms with E-state index < -0.39 is 0 Å². The number of benzene rings is 1. The van der Waals surface area contributed by atoms with Crippen molar-refractivity contribution in [3.63, 3.8) is 0 Å². The fraction of sp³-hybridized carbons (Fsp3) is 0.647. The molecule has 1 aliphatic heterocycles. The lowest BCUT2D eigenvalue weighted by Crippen LogP contribution is -2.55. The minimum absolute atomic E-state index is 0.589. The van der Waals surface area contributed by atoms with E-state index in [1.807, 2.05) is 0 Å². The fourth-order valence-electron chi connectivity index (χ4n) is 3.08. The van der Waals surface area contributed by atoms with E-state index in [1.54, 1.807) is 0 Å². The summed E-state index contributed by atoms with van der Waals surface area (Å²) in [7, 11) is 0.